The highest BCUT2D eigenvalue weighted by atomic mass is 19.1. The highest BCUT2D eigenvalue weighted by Gasteiger charge is 2.02. The van der Waals surface area contributed by atoms with Gasteiger partial charge in [0.15, 0.2) is 0 Å². The maximum atomic E-state index is 13.1. The third kappa shape index (κ3) is 5.34. The second-order valence-electron chi connectivity index (χ2n) is 5.83. The predicted molar refractivity (Wildman–Crippen MR) is 103 cm³/mol. The maximum absolute atomic E-state index is 13.1. The number of halogens is 1. The highest BCUT2D eigenvalue weighted by molar-refractivity contribution is 5.89. The van der Waals surface area contributed by atoms with Crippen molar-refractivity contribution in [3.8, 4) is 0 Å². The molecule has 3 aromatic rings. The number of para-hydroxylation sites is 1. The van der Waals surface area contributed by atoms with Crippen molar-refractivity contribution in [2.75, 3.05) is 17.2 Å². The van der Waals surface area contributed by atoms with Gasteiger partial charge in [0.05, 0.1) is 0 Å². The van der Waals surface area contributed by atoms with E-state index < -0.39 is 0 Å². The van der Waals surface area contributed by atoms with Gasteiger partial charge in [-0.2, -0.15) is 0 Å². The molecule has 0 atom stereocenters. The van der Waals surface area contributed by atoms with Crippen molar-refractivity contribution >= 4 is 23.1 Å². The molecule has 0 bridgehead atoms. The van der Waals surface area contributed by atoms with Crippen LogP contribution in [0, 0.1) is 5.82 Å². The molecule has 0 aromatic heterocycles. The number of carbonyl (C=O) groups excluding carboxylic acids is 1. The molecule has 0 aliphatic carbocycles. The van der Waals surface area contributed by atoms with E-state index in [1.807, 2.05) is 60.7 Å². The number of anilines is 3. The van der Waals surface area contributed by atoms with Crippen LogP contribution < -0.4 is 16.0 Å². The molecule has 0 unspecified atom stereocenters. The van der Waals surface area contributed by atoms with Crippen molar-refractivity contribution in [2.24, 2.45) is 0 Å². The van der Waals surface area contributed by atoms with E-state index in [1.54, 1.807) is 6.07 Å². The van der Waals surface area contributed by atoms with E-state index in [1.165, 1.54) is 12.1 Å². The third-order valence-electron chi connectivity index (χ3n) is 3.79. The van der Waals surface area contributed by atoms with E-state index >= 15 is 0 Å². The summed E-state index contributed by atoms with van der Waals surface area (Å²) in [6, 6.07) is 23.4. The first-order valence-electron chi connectivity index (χ1n) is 8.40. The Morgan fingerprint density at radius 1 is 0.808 bits per heavy atom. The molecule has 3 rings (SSSR count). The number of hydrogen-bond acceptors (Lipinski definition) is 2. The molecule has 0 heterocycles. The Hall–Kier alpha value is -3.34. The molecular weight excluding hydrogens is 329 g/mol. The summed E-state index contributed by atoms with van der Waals surface area (Å²) >= 11 is 0. The number of urea groups is 1. The fraction of sp³-hybridized carbons (Fsp3) is 0.0952. The summed E-state index contributed by atoms with van der Waals surface area (Å²) in [6.07, 6.45) is 0.575. The smallest absolute Gasteiger partial charge is 0.319 e. The summed E-state index contributed by atoms with van der Waals surface area (Å²) < 4.78 is 13.1. The van der Waals surface area contributed by atoms with Crippen LogP contribution in [0.15, 0.2) is 78.9 Å². The standard InChI is InChI=1S/C21H20FN3O/c22-17-6-4-5-16(15-17)13-14-23-21(26)25-20-11-9-19(10-12-20)24-18-7-2-1-3-8-18/h1-12,15,24H,13-14H2,(H2,23,25,26). The van der Waals surface area contributed by atoms with Crippen LogP contribution in [-0.4, -0.2) is 12.6 Å². The number of rotatable bonds is 6. The summed E-state index contributed by atoms with van der Waals surface area (Å²) in [5.74, 6) is -0.267. The molecule has 0 aliphatic heterocycles. The lowest BCUT2D eigenvalue weighted by atomic mass is 10.1. The van der Waals surface area contributed by atoms with Crippen molar-refractivity contribution in [3.05, 3.63) is 90.2 Å². The molecule has 3 aromatic carbocycles. The summed E-state index contributed by atoms with van der Waals surface area (Å²) in [7, 11) is 0. The molecule has 0 radical (unpaired) electrons. The lowest BCUT2D eigenvalue weighted by Gasteiger charge is -2.10. The van der Waals surface area contributed by atoms with E-state index in [9.17, 15) is 9.18 Å². The van der Waals surface area contributed by atoms with E-state index in [0.717, 1.165) is 16.9 Å². The fourth-order valence-electron chi connectivity index (χ4n) is 2.51. The fourth-order valence-corrected chi connectivity index (χ4v) is 2.51. The number of hydrogen-bond donors (Lipinski definition) is 3. The van der Waals surface area contributed by atoms with Crippen LogP contribution in [-0.2, 0) is 6.42 Å². The van der Waals surface area contributed by atoms with Gasteiger partial charge in [-0.3, -0.25) is 0 Å². The van der Waals surface area contributed by atoms with Gasteiger partial charge >= 0.3 is 6.03 Å². The quantitative estimate of drug-likeness (QED) is 0.591. The molecule has 0 saturated carbocycles. The van der Waals surface area contributed by atoms with Crippen LogP contribution in [0.4, 0.5) is 26.2 Å². The number of nitrogens with one attached hydrogen (secondary N) is 3. The Labute approximate surface area is 152 Å². The predicted octanol–water partition coefficient (Wildman–Crippen LogP) is 4.93. The minimum absolute atomic E-state index is 0.267. The van der Waals surface area contributed by atoms with Gasteiger partial charge in [0.25, 0.3) is 0 Å². The van der Waals surface area contributed by atoms with E-state index in [4.69, 9.17) is 0 Å². The summed E-state index contributed by atoms with van der Waals surface area (Å²) in [6.45, 7) is 0.433. The number of carbonyl (C=O) groups is 1. The van der Waals surface area contributed by atoms with Gasteiger partial charge in [0.1, 0.15) is 5.82 Å². The van der Waals surface area contributed by atoms with Crippen LogP contribution in [0.25, 0.3) is 0 Å². The summed E-state index contributed by atoms with van der Waals surface area (Å²) in [5, 5.41) is 8.83. The topological polar surface area (TPSA) is 53.2 Å². The average Bonchev–Trinajstić information content (AvgIpc) is 2.64. The molecule has 0 spiro atoms. The van der Waals surface area contributed by atoms with Crippen molar-refractivity contribution < 1.29 is 9.18 Å². The van der Waals surface area contributed by atoms with Gasteiger partial charge in [0, 0.05) is 23.6 Å². The molecule has 4 nitrogen and oxygen atoms in total. The SMILES string of the molecule is O=C(NCCc1cccc(F)c1)Nc1ccc(Nc2ccccc2)cc1. The van der Waals surface area contributed by atoms with Crippen LogP contribution in [0.2, 0.25) is 0 Å². The second kappa shape index (κ2) is 8.67. The largest absolute Gasteiger partial charge is 0.356 e. The zero-order chi connectivity index (χ0) is 18.2. The van der Waals surface area contributed by atoms with E-state index in [2.05, 4.69) is 16.0 Å². The highest BCUT2D eigenvalue weighted by Crippen LogP contribution is 2.18. The Kier molecular flexibility index (Phi) is 5.83. The molecule has 26 heavy (non-hydrogen) atoms. The van der Waals surface area contributed by atoms with Crippen molar-refractivity contribution in [1.29, 1.82) is 0 Å². The van der Waals surface area contributed by atoms with Crippen LogP contribution in [0.3, 0.4) is 0 Å². The molecule has 0 saturated heterocycles. The second-order valence-corrected chi connectivity index (χ2v) is 5.83. The minimum atomic E-state index is -0.287. The lowest BCUT2D eigenvalue weighted by Crippen LogP contribution is -2.30. The van der Waals surface area contributed by atoms with Gasteiger partial charge in [-0.1, -0.05) is 30.3 Å². The van der Waals surface area contributed by atoms with Crippen LogP contribution >= 0.6 is 0 Å². The lowest BCUT2D eigenvalue weighted by molar-refractivity contribution is 0.252. The zero-order valence-corrected chi connectivity index (χ0v) is 14.2. The maximum Gasteiger partial charge on any atom is 0.319 e. The Bertz CT molecular complexity index is 851. The number of amides is 2. The third-order valence-corrected chi connectivity index (χ3v) is 3.79. The van der Waals surface area contributed by atoms with Gasteiger partial charge < -0.3 is 16.0 Å². The normalized spacial score (nSPS) is 10.2. The van der Waals surface area contributed by atoms with Gasteiger partial charge in [0.2, 0.25) is 0 Å². The first-order chi connectivity index (χ1) is 12.7. The molecule has 2 amide bonds. The molecule has 132 valence electrons. The Morgan fingerprint density at radius 3 is 2.23 bits per heavy atom. The zero-order valence-electron chi connectivity index (χ0n) is 14.2. The first-order valence-corrected chi connectivity index (χ1v) is 8.40. The van der Waals surface area contributed by atoms with Crippen molar-refractivity contribution in [1.82, 2.24) is 5.32 Å². The van der Waals surface area contributed by atoms with Gasteiger partial charge in [-0.25, -0.2) is 9.18 Å². The van der Waals surface area contributed by atoms with E-state index in [-0.39, 0.29) is 11.8 Å². The number of benzene rings is 3. The van der Waals surface area contributed by atoms with Crippen LogP contribution in [0.1, 0.15) is 5.56 Å². The molecule has 0 fully saturated rings. The molecule has 3 N–H and O–H groups in total. The van der Waals surface area contributed by atoms with Crippen LogP contribution in [0.5, 0.6) is 0 Å². The molecule has 0 aliphatic rings. The summed E-state index contributed by atoms with van der Waals surface area (Å²) in [5.41, 5.74) is 3.49. The van der Waals surface area contributed by atoms with Gasteiger partial charge in [-0.05, 0) is 60.5 Å². The monoisotopic (exact) mass is 349 g/mol. The molecule has 5 heteroatoms. The van der Waals surface area contributed by atoms with E-state index in [0.29, 0.717) is 18.7 Å². The Morgan fingerprint density at radius 2 is 1.50 bits per heavy atom. The van der Waals surface area contributed by atoms with Gasteiger partial charge in [-0.15, -0.1) is 0 Å². The Balaban J connectivity index is 1.45. The van der Waals surface area contributed by atoms with Crippen molar-refractivity contribution in [3.63, 3.8) is 0 Å². The first kappa shape index (κ1) is 17.5. The molecular formula is C21H20FN3O. The minimum Gasteiger partial charge on any atom is -0.356 e. The summed E-state index contributed by atoms with van der Waals surface area (Å²) in [4.78, 5) is 11.9. The van der Waals surface area contributed by atoms with Crippen molar-refractivity contribution in [2.45, 2.75) is 6.42 Å². The average molecular weight is 349 g/mol.